The molecule has 1 heteroatoms. The minimum atomic E-state index is 0.574. The zero-order valence-electron chi connectivity index (χ0n) is 9.33. The number of fused-ring (bicyclic) bond motifs is 1. The molecule has 0 saturated carbocycles. The summed E-state index contributed by atoms with van der Waals surface area (Å²) in [7, 11) is 2.24. The molecule has 2 atom stereocenters. The molecule has 0 amide bonds. The molecule has 76 valence electrons. The van der Waals surface area contributed by atoms with Crippen molar-refractivity contribution in [1.82, 2.24) is 4.90 Å². The van der Waals surface area contributed by atoms with E-state index < -0.39 is 0 Å². The highest BCUT2D eigenvalue weighted by molar-refractivity contribution is 5.32. The van der Waals surface area contributed by atoms with Crippen molar-refractivity contribution < 1.29 is 0 Å². The van der Waals surface area contributed by atoms with E-state index in [0.717, 1.165) is 6.04 Å². The first-order valence-corrected chi connectivity index (χ1v) is 5.53. The molecule has 14 heavy (non-hydrogen) atoms. The largest absolute Gasteiger partial charge is 0.296 e. The molecular weight excluding hydrogens is 170 g/mol. The molecule has 1 nitrogen and oxygen atoms in total. The van der Waals surface area contributed by atoms with Crippen LogP contribution in [0.5, 0.6) is 0 Å². The summed E-state index contributed by atoms with van der Waals surface area (Å²) in [5.74, 6) is 0. The maximum absolute atomic E-state index is 2.50. The number of benzene rings is 1. The fourth-order valence-corrected chi connectivity index (χ4v) is 2.49. The van der Waals surface area contributed by atoms with Gasteiger partial charge in [-0.3, -0.25) is 4.90 Å². The zero-order chi connectivity index (χ0) is 10.1. The highest BCUT2D eigenvalue weighted by Gasteiger charge is 2.26. The SMILES string of the molecule is CCC1Cc2ccccc2C(C)N1C. The average molecular weight is 189 g/mol. The van der Waals surface area contributed by atoms with Crippen molar-refractivity contribution in [2.24, 2.45) is 0 Å². The Labute approximate surface area is 86.7 Å². The van der Waals surface area contributed by atoms with E-state index in [9.17, 15) is 0 Å². The molecule has 0 aliphatic carbocycles. The molecule has 0 radical (unpaired) electrons. The van der Waals surface area contributed by atoms with Gasteiger partial charge in [0.05, 0.1) is 0 Å². The predicted octanol–water partition coefficient (Wildman–Crippen LogP) is 3.01. The van der Waals surface area contributed by atoms with Crippen LogP contribution in [-0.4, -0.2) is 18.0 Å². The second-order valence-corrected chi connectivity index (χ2v) is 4.31. The summed E-state index contributed by atoms with van der Waals surface area (Å²) in [4.78, 5) is 2.50. The van der Waals surface area contributed by atoms with Crippen molar-refractivity contribution in [2.45, 2.75) is 38.8 Å². The van der Waals surface area contributed by atoms with Gasteiger partial charge in [0.1, 0.15) is 0 Å². The summed E-state index contributed by atoms with van der Waals surface area (Å²) in [6.07, 6.45) is 2.46. The van der Waals surface area contributed by atoms with Crippen LogP contribution >= 0.6 is 0 Å². The van der Waals surface area contributed by atoms with Crippen LogP contribution in [0.4, 0.5) is 0 Å². The molecule has 0 aromatic heterocycles. The van der Waals surface area contributed by atoms with Crippen LogP contribution in [0.15, 0.2) is 24.3 Å². The summed E-state index contributed by atoms with van der Waals surface area (Å²) in [5, 5.41) is 0. The van der Waals surface area contributed by atoms with Crippen molar-refractivity contribution in [3.8, 4) is 0 Å². The van der Waals surface area contributed by atoms with Crippen LogP contribution in [0.3, 0.4) is 0 Å². The van der Waals surface area contributed by atoms with Crippen molar-refractivity contribution in [1.29, 1.82) is 0 Å². The molecule has 0 N–H and O–H groups in total. The molecule has 1 aromatic rings. The van der Waals surface area contributed by atoms with Gasteiger partial charge in [0.25, 0.3) is 0 Å². The van der Waals surface area contributed by atoms with E-state index in [1.807, 2.05) is 0 Å². The Kier molecular flexibility index (Phi) is 2.60. The zero-order valence-corrected chi connectivity index (χ0v) is 9.33. The number of likely N-dealkylation sites (N-methyl/N-ethyl adjacent to an activating group) is 1. The quantitative estimate of drug-likeness (QED) is 0.656. The molecule has 2 unspecified atom stereocenters. The van der Waals surface area contributed by atoms with Gasteiger partial charge in [-0.1, -0.05) is 31.2 Å². The van der Waals surface area contributed by atoms with Crippen LogP contribution in [0.25, 0.3) is 0 Å². The molecular formula is C13H19N. The first-order valence-electron chi connectivity index (χ1n) is 5.53. The highest BCUT2D eigenvalue weighted by atomic mass is 15.2. The van der Waals surface area contributed by atoms with Crippen LogP contribution in [0, 0.1) is 0 Å². The first-order chi connectivity index (χ1) is 6.74. The lowest BCUT2D eigenvalue weighted by Gasteiger charge is -2.39. The van der Waals surface area contributed by atoms with Gasteiger partial charge in [-0.2, -0.15) is 0 Å². The smallest absolute Gasteiger partial charge is 0.0322 e. The van der Waals surface area contributed by atoms with E-state index in [0.29, 0.717) is 6.04 Å². The fourth-order valence-electron chi connectivity index (χ4n) is 2.49. The maximum Gasteiger partial charge on any atom is 0.0322 e. The van der Waals surface area contributed by atoms with E-state index in [1.165, 1.54) is 18.4 Å². The lowest BCUT2D eigenvalue weighted by Crippen LogP contribution is -2.39. The lowest BCUT2D eigenvalue weighted by molar-refractivity contribution is 0.162. The fraction of sp³-hybridized carbons (Fsp3) is 0.538. The Bertz CT molecular complexity index is 319. The lowest BCUT2D eigenvalue weighted by atomic mass is 9.88. The maximum atomic E-state index is 2.50. The second-order valence-electron chi connectivity index (χ2n) is 4.31. The van der Waals surface area contributed by atoms with Crippen molar-refractivity contribution >= 4 is 0 Å². The van der Waals surface area contributed by atoms with E-state index in [4.69, 9.17) is 0 Å². The minimum Gasteiger partial charge on any atom is -0.296 e. The summed E-state index contributed by atoms with van der Waals surface area (Å²) >= 11 is 0. The van der Waals surface area contributed by atoms with E-state index in [1.54, 1.807) is 5.56 Å². The average Bonchev–Trinajstić information content (AvgIpc) is 2.23. The van der Waals surface area contributed by atoms with Gasteiger partial charge in [-0.05, 0) is 37.9 Å². The standard InChI is InChI=1S/C13H19N/c1-4-12-9-11-7-5-6-8-13(11)10(2)14(12)3/h5-8,10,12H,4,9H2,1-3H3. The molecule has 1 aromatic carbocycles. The van der Waals surface area contributed by atoms with Gasteiger partial charge in [0, 0.05) is 12.1 Å². The molecule has 0 spiro atoms. The van der Waals surface area contributed by atoms with Crippen LogP contribution in [-0.2, 0) is 6.42 Å². The Balaban J connectivity index is 2.37. The van der Waals surface area contributed by atoms with Gasteiger partial charge in [-0.15, -0.1) is 0 Å². The van der Waals surface area contributed by atoms with E-state index >= 15 is 0 Å². The molecule has 1 aliphatic heterocycles. The van der Waals surface area contributed by atoms with Crippen molar-refractivity contribution in [2.75, 3.05) is 7.05 Å². The van der Waals surface area contributed by atoms with Crippen molar-refractivity contribution in [3.63, 3.8) is 0 Å². The third-order valence-electron chi connectivity index (χ3n) is 3.62. The molecule has 1 aliphatic rings. The van der Waals surface area contributed by atoms with Crippen LogP contribution in [0.1, 0.15) is 37.4 Å². The normalized spacial score (nSPS) is 27.4. The number of nitrogens with zero attached hydrogens (tertiary/aromatic N) is 1. The van der Waals surface area contributed by atoms with E-state index in [-0.39, 0.29) is 0 Å². The van der Waals surface area contributed by atoms with Crippen LogP contribution < -0.4 is 0 Å². The van der Waals surface area contributed by atoms with Gasteiger partial charge < -0.3 is 0 Å². The van der Waals surface area contributed by atoms with Gasteiger partial charge >= 0.3 is 0 Å². The summed E-state index contributed by atoms with van der Waals surface area (Å²) in [6.45, 7) is 4.59. The summed E-state index contributed by atoms with van der Waals surface area (Å²) in [6, 6.07) is 10.1. The Morgan fingerprint density at radius 2 is 2.07 bits per heavy atom. The van der Waals surface area contributed by atoms with Gasteiger partial charge in [0.15, 0.2) is 0 Å². The third kappa shape index (κ3) is 1.46. The highest BCUT2D eigenvalue weighted by Crippen LogP contribution is 2.32. The van der Waals surface area contributed by atoms with Gasteiger partial charge in [0.2, 0.25) is 0 Å². The molecule has 0 bridgehead atoms. The topological polar surface area (TPSA) is 3.24 Å². The second kappa shape index (κ2) is 3.74. The Morgan fingerprint density at radius 1 is 1.36 bits per heavy atom. The first kappa shape index (κ1) is 9.72. The van der Waals surface area contributed by atoms with Crippen LogP contribution in [0.2, 0.25) is 0 Å². The summed E-state index contributed by atoms with van der Waals surface area (Å²) < 4.78 is 0. The van der Waals surface area contributed by atoms with Gasteiger partial charge in [-0.25, -0.2) is 0 Å². The van der Waals surface area contributed by atoms with Crippen molar-refractivity contribution in [3.05, 3.63) is 35.4 Å². The number of hydrogen-bond acceptors (Lipinski definition) is 1. The minimum absolute atomic E-state index is 0.574. The third-order valence-corrected chi connectivity index (χ3v) is 3.62. The molecule has 0 saturated heterocycles. The monoisotopic (exact) mass is 189 g/mol. The Morgan fingerprint density at radius 3 is 2.79 bits per heavy atom. The predicted molar refractivity (Wildman–Crippen MR) is 60.4 cm³/mol. The molecule has 2 rings (SSSR count). The molecule has 0 fully saturated rings. The number of hydrogen-bond donors (Lipinski definition) is 0. The summed E-state index contributed by atoms with van der Waals surface area (Å²) in [5.41, 5.74) is 3.06. The number of rotatable bonds is 1. The molecule has 1 heterocycles. The Hall–Kier alpha value is -0.820. The van der Waals surface area contributed by atoms with E-state index in [2.05, 4.69) is 50.1 Å².